The monoisotopic (exact) mass is 205 g/mol. The number of halogens is 1. The maximum atomic E-state index is 3.43. The molecule has 0 aliphatic heterocycles. The fraction of sp³-hybridized carbons (Fsp3) is 0.889. The molecule has 0 aliphatic rings. The Morgan fingerprint density at radius 2 is 1.60 bits per heavy atom. The summed E-state index contributed by atoms with van der Waals surface area (Å²) in [6, 6.07) is 0. The molecular formula is C9H18Br. The average Bonchev–Trinajstić information content (AvgIpc) is 1.87. The van der Waals surface area contributed by atoms with Gasteiger partial charge in [0.2, 0.25) is 0 Å². The van der Waals surface area contributed by atoms with E-state index < -0.39 is 0 Å². The highest BCUT2D eigenvalue weighted by atomic mass is 79.9. The van der Waals surface area contributed by atoms with Crippen LogP contribution in [0.3, 0.4) is 0 Å². The molecule has 0 saturated carbocycles. The summed E-state index contributed by atoms with van der Waals surface area (Å²) < 4.78 is 0. The summed E-state index contributed by atoms with van der Waals surface area (Å²) in [7, 11) is 0. The van der Waals surface area contributed by atoms with Gasteiger partial charge in [-0.1, -0.05) is 49.0 Å². The number of rotatable bonds is 6. The molecule has 0 N–H and O–H groups in total. The molecule has 0 nitrogen and oxygen atoms in total. The first-order valence-electron chi connectivity index (χ1n) is 4.12. The zero-order chi connectivity index (χ0) is 7.82. The van der Waals surface area contributed by atoms with Crippen LogP contribution in [0.2, 0.25) is 0 Å². The molecule has 0 amide bonds. The molecule has 0 aliphatic carbocycles. The van der Waals surface area contributed by atoms with Gasteiger partial charge in [0.15, 0.2) is 0 Å². The van der Waals surface area contributed by atoms with Crippen molar-refractivity contribution in [3.8, 4) is 0 Å². The highest BCUT2D eigenvalue weighted by molar-refractivity contribution is 9.09. The summed E-state index contributed by atoms with van der Waals surface area (Å²) in [4.78, 5) is 0. The lowest BCUT2D eigenvalue weighted by atomic mass is 10.1. The van der Waals surface area contributed by atoms with Gasteiger partial charge in [0.05, 0.1) is 0 Å². The van der Waals surface area contributed by atoms with Crippen molar-refractivity contribution in [2.24, 2.45) is 0 Å². The summed E-state index contributed by atoms with van der Waals surface area (Å²) in [5.41, 5.74) is 0. The normalized spacial score (nSPS) is 10.8. The molecule has 0 aromatic rings. The largest absolute Gasteiger partial charge is 0.0928 e. The van der Waals surface area contributed by atoms with Gasteiger partial charge in [0, 0.05) is 5.33 Å². The highest BCUT2D eigenvalue weighted by Crippen LogP contribution is 2.11. The molecule has 0 heterocycles. The lowest BCUT2D eigenvalue weighted by Crippen LogP contribution is -1.85. The summed E-state index contributed by atoms with van der Waals surface area (Å²) >= 11 is 3.43. The highest BCUT2D eigenvalue weighted by Gasteiger charge is 1.93. The van der Waals surface area contributed by atoms with E-state index in [2.05, 4.69) is 29.8 Å². The van der Waals surface area contributed by atoms with Gasteiger partial charge in [-0.3, -0.25) is 0 Å². The predicted molar refractivity (Wildman–Crippen MR) is 51.5 cm³/mol. The van der Waals surface area contributed by atoms with Gasteiger partial charge in [-0.2, -0.15) is 0 Å². The maximum absolute atomic E-state index is 3.43. The van der Waals surface area contributed by atoms with Crippen LogP contribution < -0.4 is 0 Å². The van der Waals surface area contributed by atoms with E-state index in [1.54, 1.807) is 5.92 Å². The Morgan fingerprint density at radius 3 is 2.10 bits per heavy atom. The number of hydrogen-bond acceptors (Lipinski definition) is 0. The molecule has 0 unspecified atom stereocenters. The third-order valence-corrected chi connectivity index (χ3v) is 2.12. The Kier molecular flexibility index (Phi) is 7.95. The third kappa shape index (κ3) is 8.48. The molecule has 0 aromatic carbocycles. The number of unbranched alkanes of at least 4 members (excludes halogenated alkanes) is 3. The van der Waals surface area contributed by atoms with Crippen LogP contribution in [0.25, 0.3) is 0 Å². The molecule has 61 valence electrons. The third-order valence-electron chi connectivity index (χ3n) is 1.56. The van der Waals surface area contributed by atoms with E-state index in [1.807, 2.05) is 0 Å². The minimum Gasteiger partial charge on any atom is -0.0928 e. The SMILES string of the molecule is C[C](C)CCCCCCBr. The van der Waals surface area contributed by atoms with Crippen LogP contribution in [-0.4, -0.2) is 5.33 Å². The minimum atomic E-state index is 1.17. The van der Waals surface area contributed by atoms with Crippen LogP contribution in [0.4, 0.5) is 0 Å². The van der Waals surface area contributed by atoms with E-state index >= 15 is 0 Å². The predicted octanol–water partition coefficient (Wildman–Crippen LogP) is 3.95. The van der Waals surface area contributed by atoms with Crippen molar-refractivity contribution in [2.75, 3.05) is 5.33 Å². The Hall–Kier alpha value is 0.480. The van der Waals surface area contributed by atoms with Crippen molar-refractivity contribution >= 4 is 15.9 Å². The van der Waals surface area contributed by atoms with Gasteiger partial charge in [-0.15, -0.1) is 0 Å². The second kappa shape index (κ2) is 7.59. The zero-order valence-corrected chi connectivity index (χ0v) is 8.71. The molecule has 0 fully saturated rings. The molecule has 0 rings (SSSR count). The molecule has 10 heavy (non-hydrogen) atoms. The van der Waals surface area contributed by atoms with Crippen LogP contribution in [0.5, 0.6) is 0 Å². The lowest BCUT2D eigenvalue weighted by molar-refractivity contribution is 0.644. The molecule has 1 heteroatoms. The van der Waals surface area contributed by atoms with E-state index in [0.29, 0.717) is 0 Å². The van der Waals surface area contributed by atoms with Crippen molar-refractivity contribution in [3.05, 3.63) is 5.92 Å². The van der Waals surface area contributed by atoms with Gasteiger partial charge >= 0.3 is 0 Å². The van der Waals surface area contributed by atoms with E-state index in [-0.39, 0.29) is 0 Å². The maximum Gasteiger partial charge on any atom is 0.00313 e. The molecule has 0 atom stereocenters. The Balaban J connectivity index is 2.77. The Labute approximate surface area is 73.5 Å². The minimum absolute atomic E-state index is 1.17. The van der Waals surface area contributed by atoms with Crippen molar-refractivity contribution < 1.29 is 0 Å². The first-order chi connectivity index (χ1) is 4.77. The molecule has 1 radical (unpaired) electrons. The summed E-state index contributed by atoms with van der Waals surface area (Å²) in [5, 5.41) is 1.17. The van der Waals surface area contributed by atoms with Crippen molar-refractivity contribution in [1.82, 2.24) is 0 Å². The molecule has 0 saturated heterocycles. The van der Waals surface area contributed by atoms with Crippen LogP contribution in [0, 0.1) is 5.92 Å². The van der Waals surface area contributed by atoms with Crippen molar-refractivity contribution in [3.63, 3.8) is 0 Å². The Bertz CT molecular complexity index is 59.7. The standard InChI is InChI=1S/C9H18Br/c1-9(2)7-5-3-4-6-8-10/h3-8H2,1-2H3. The second-order valence-corrected chi connectivity index (χ2v) is 3.85. The number of alkyl halides is 1. The van der Waals surface area contributed by atoms with Crippen LogP contribution in [-0.2, 0) is 0 Å². The summed E-state index contributed by atoms with van der Waals surface area (Å²) in [6.45, 7) is 4.43. The van der Waals surface area contributed by atoms with E-state index in [9.17, 15) is 0 Å². The summed E-state index contributed by atoms with van der Waals surface area (Å²) in [5.74, 6) is 1.57. The molecule has 0 aromatic heterocycles. The first-order valence-corrected chi connectivity index (χ1v) is 5.24. The van der Waals surface area contributed by atoms with Gasteiger partial charge in [0.1, 0.15) is 0 Å². The Morgan fingerprint density at radius 1 is 1.00 bits per heavy atom. The second-order valence-electron chi connectivity index (χ2n) is 3.06. The van der Waals surface area contributed by atoms with Crippen LogP contribution in [0.1, 0.15) is 46.0 Å². The molecule has 0 spiro atoms. The van der Waals surface area contributed by atoms with Crippen LogP contribution >= 0.6 is 15.9 Å². The zero-order valence-electron chi connectivity index (χ0n) is 7.12. The van der Waals surface area contributed by atoms with Gasteiger partial charge in [-0.25, -0.2) is 0 Å². The van der Waals surface area contributed by atoms with E-state index in [4.69, 9.17) is 0 Å². The fourth-order valence-electron chi connectivity index (χ4n) is 0.927. The molecular weight excluding hydrogens is 188 g/mol. The van der Waals surface area contributed by atoms with E-state index in [1.165, 1.54) is 37.4 Å². The van der Waals surface area contributed by atoms with Gasteiger partial charge in [-0.05, 0) is 18.8 Å². The van der Waals surface area contributed by atoms with Crippen molar-refractivity contribution in [2.45, 2.75) is 46.0 Å². The quantitative estimate of drug-likeness (QED) is 0.456. The average molecular weight is 206 g/mol. The molecule has 0 bridgehead atoms. The van der Waals surface area contributed by atoms with Gasteiger partial charge < -0.3 is 0 Å². The topological polar surface area (TPSA) is 0 Å². The fourth-order valence-corrected chi connectivity index (χ4v) is 1.32. The van der Waals surface area contributed by atoms with Crippen molar-refractivity contribution in [1.29, 1.82) is 0 Å². The van der Waals surface area contributed by atoms with Crippen LogP contribution in [0.15, 0.2) is 0 Å². The summed E-state index contributed by atoms with van der Waals surface area (Å²) in [6.07, 6.45) is 6.83. The lowest BCUT2D eigenvalue weighted by Gasteiger charge is -2.01. The first kappa shape index (κ1) is 10.5. The van der Waals surface area contributed by atoms with E-state index in [0.717, 1.165) is 0 Å². The van der Waals surface area contributed by atoms with Gasteiger partial charge in [0.25, 0.3) is 0 Å². The smallest absolute Gasteiger partial charge is 0.00313 e. The number of hydrogen-bond donors (Lipinski definition) is 0.